The number of aliphatic imine (C=N–C) groups is 1. The third-order valence-electron chi connectivity index (χ3n) is 3.47. The Labute approximate surface area is 140 Å². The predicted molar refractivity (Wildman–Crippen MR) is 96.4 cm³/mol. The maximum absolute atomic E-state index is 5.66. The highest BCUT2D eigenvalue weighted by atomic mass is 16.5. The standard InChI is InChI=1S/C18H31N3O2/c1-6-19-17(21-14-18(3,4)22-5)20-13-12-15-10-8-9-11-16(15)23-7-2/h8-11H,6-7,12-14H2,1-5H3,(H2,19,20,21). The van der Waals surface area contributed by atoms with Crippen LogP contribution in [0.2, 0.25) is 0 Å². The Balaban J connectivity index is 2.57. The van der Waals surface area contributed by atoms with Gasteiger partial charge in [0.15, 0.2) is 5.96 Å². The predicted octanol–water partition coefficient (Wildman–Crippen LogP) is 2.61. The molecule has 130 valence electrons. The first-order valence-electron chi connectivity index (χ1n) is 8.30. The Morgan fingerprint density at radius 2 is 1.91 bits per heavy atom. The summed E-state index contributed by atoms with van der Waals surface area (Å²) in [5.41, 5.74) is 0.944. The molecular weight excluding hydrogens is 290 g/mol. The molecule has 1 rings (SSSR count). The highest BCUT2D eigenvalue weighted by Gasteiger charge is 2.15. The van der Waals surface area contributed by atoms with Crippen LogP contribution in [-0.4, -0.2) is 44.9 Å². The number of guanidine groups is 1. The van der Waals surface area contributed by atoms with Gasteiger partial charge in [0.1, 0.15) is 5.75 Å². The van der Waals surface area contributed by atoms with Crippen LogP contribution in [0.5, 0.6) is 5.75 Å². The molecule has 2 N–H and O–H groups in total. The lowest BCUT2D eigenvalue weighted by Crippen LogP contribution is -2.40. The van der Waals surface area contributed by atoms with Crippen molar-refractivity contribution in [1.29, 1.82) is 0 Å². The van der Waals surface area contributed by atoms with Crippen molar-refractivity contribution in [1.82, 2.24) is 10.6 Å². The van der Waals surface area contributed by atoms with Crippen LogP contribution < -0.4 is 15.4 Å². The van der Waals surface area contributed by atoms with Crippen molar-refractivity contribution in [3.8, 4) is 5.75 Å². The Morgan fingerprint density at radius 1 is 1.17 bits per heavy atom. The van der Waals surface area contributed by atoms with E-state index in [1.165, 1.54) is 5.56 Å². The first-order chi connectivity index (χ1) is 11.0. The van der Waals surface area contributed by atoms with Crippen LogP contribution in [0.4, 0.5) is 0 Å². The molecule has 0 aliphatic heterocycles. The minimum atomic E-state index is -0.260. The highest BCUT2D eigenvalue weighted by Crippen LogP contribution is 2.17. The second kappa shape index (κ2) is 10.1. The van der Waals surface area contributed by atoms with Crippen molar-refractivity contribution in [2.75, 3.05) is 33.4 Å². The number of para-hydroxylation sites is 1. The molecule has 0 bridgehead atoms. The second-order valence-electron chi connectivity index (χ2n) is 5.88. The van der Waals surface area contributed by atoms with Gasteiger partial charge in [0, 0.05) is 20.2 Å². The zero-order valence-corrected chi connectivity index (χ0v) is 15.1. The lowest BCUT2D eigenvalue weighted by molar-refractivity contribution is 0.0310. The van der Waals surface area contributed by atoms with Crippen LogP contribution in [0.3, 0.4) is 0 Å². The van der Waals surface area contributed by atoms with Crippen LogP contribution >= 0.6 is 0 Å². The van der Waals surface area contributed by atoms with Crippen LogP contribution in [0.25, 0.3) is 0 Å². The summed E-state index contributed by atoms with van der Waals surface area (Å²) in [6, 6.07) is 8.16. The summed E-state index contributed by atoms with van der Waals surface area (Å²) in [6.07, 6.45) is 0.883. The Hall–Kier alpha value is -1.75. The second-order valence-corrected chi connectivity index (χ2v) is 5.88. The van der Waals surface area contributed by atoms with Crippen molar-refractivity contribution in [3.63, 3.8) is 0 Å². The summed E-state index contributed by atoms with van der Waals surface area (Å²) in [7, 11) is 1.71. The largest absolute Gasteiger partial charge is 0.494 e. The van der Waals surface area contributed by atoms with Crippen LogP contribution in [0, 0.1) is 0 Å². The van der Waals surface area contributed by atoms with E-state index in [0.717, 1.165) is 31.2 Å². The van der Waals surface area contributed by atoms with E-state index >= 15 is 0 Å². The van der Waals surface area contributed by atoms with E-state index in [-0.39, 0.29) is 5.60 Å². The number of ether oxygens (including phenoxy) is 2. The van der Waals surface area contributed by atoms with E-state index in [2.05, 4.69) is 28.6 Å². The molecule has 0 saturated carbocycles. The molecule has 0 heterocycles. The molecule has 0 radical (unpaired) electrons. The van der Waals surface area contributed by atoms with Gasteiger partial charge in [0.2, 0.25) is 0 Å². The zero-order chi connectivity index (χ0) is 17.1. The van der Waals surface area contributed by atoms with Crippen molar-refractivity contribution < 1.29 is 9.47 Å². The number of benzene rings is 1. The molecule has 0 unspecified atom stereocenters. The summed E-state index contributed by atoms with van der Waals surface area (Å²) in [6.45, 7) is 11.0. The molecule has 0 saturated heterocycles. The number of methoxy groups -OCH3 is 1. The van der Waals surface area contributed by atoms with Crippen LogP contribution in [-0.2, 0) is 11.2 Å². The van der Waals surface area contributed by atoms with E-state index in [1.807, 2.05) is 39.0 Å². The smallest absolute Gasteiger partial charge is 0.191 e. The Kier molecular flexibility index (Phi) is 8.48. The number of rotatable bonds is 9. The summed E-state index contributed by atoms with van der Waals surface area (Å²) in [5.74, 6) is 1.77. The first kappa shape index (κ1) is 19.3. The molecule has 0 aliphatic rings. The maximum atomic E-state index is 5.66. The Bertz CT molecular complexity index is 487. The average Bonchev–Trinajstić information content (AvgIpc) is 2.54. The fourth-order valence-electron chi connectivity index (χ4n) is 2.00. The molecule has 1 aromatic rings. The van der Waals surface area contributed by atoms with Gasteiger partial charge in [-0.3, -0.25) is 4.99 Å². The number of hydrogen-bond acceptors (Lipinski definition) is 3. The van der Waals surface area contributed by atoms with Crippen molar-refractivity contribution in [2.45, 2.75) is 39.7 Å². The molecular formula is C18H31N3O2. The van der Waals surface area contributed by atoms with Crippen LogP contribution in [0.1, 0.15) is 33.3 Å². The molecule has 0 aliphatic carbocycles. The third kappa shape index (κ3) is 7.37. The minimum absolute atomic E-state index is 0.260. The van der Waals surface area contributed by atoms with Gasteiger partial charge in [-0.25, -0.2) is 0 Å². The number of nitrogens with one attached hydrogen (secondary N) is 2. The van der Waals surface area contributed by atoms with E-state index in [1.54, 1.807) is 7.11 Å². The lowest BCUT2D eigenvalue weighted by atomic mass is 10.1. The molecule has 0 aromatic heterocycles. The first-order valence-corrected chi connectivity index (χ1v) is 8.30. The summed E-state index contributed by atoms with van der Waals surface area (Å²) in [4.78, 5) is 4.58. The molecule has 5 nitrogen and oxygen atoms in total. The van der Waals surface area contributed by atoms with Gasteiger partial charge in [-0.15, -0.1) is 0 Å². The SMILES string of the molecule is CCNC(=NCC(C)(C)OC)NCCc1ccccc1OCC. The molecule has 23 heavy (non-hydrogen) atoms. The quantitative estimate of drug-likeness (QED) is 0.542. The summed E-state index contributed by atoms with van der Waals surface area (Å²) >= 11 is 0. The molecule has 0 amide bonds. The lowest BCUT2D eigenvalue weighted by Gasteiger charge is -2.21. The number of hydrogen-bond donors (Lipinski definition) is 2. The molecule has 0 fully saturated rings. The minimum Gasteiger partial charge on any atom is -0.494 e. The van der Waals surface area contributed by atoms with Gasteiger partial charge >= 0.3 is 0 Å². The van der Waals surface area contributed by atoms with Crippen molar-refractivity contribution in [3.05, 3.63) is 29.8 Å². The fraction of sp³-hybridized carbons (Fsp3) is 0.611. The molecule has 0 atom stereocenters. The number of nitrogens with zero attached hydrogens (tertiary/aromatic N) is 1. The van der Waals surface area contributed by atoms with Crippen molar-refractivity contribution >= 4 is 5.96 Å². The monoisotopic (exact) mass is 321 g/mol. The van der Waals surface area contributed by atoms with Gasteiger partial charge in [0.25, 0.3) is 0 Å². The van der Waals surface area contributed by atoms with E-state index in [4.69, 9.17) is 9.47 Å². The van der Waals surface area contributed by atoms with Gasteiger partial charge in [0.05, 0.1) is 18.8 Å². The molecule has 0 spiro atoms. The summed E-state index contributed by atoms with van der Waals surface area (Å²) in [5, 5.41) is 6.62. The van der Waals surface area contributed by atoms with E-state index in [9.17, 15) is 0 Å². The maximum Gasteiger partial charge on any atom is 0.191 e. The Morgan fingerprint density at radius 3 is 2.57 bits per heavy atom. The van der Waals surface area contributed by atoms with Gasteiger partial charge in [-0.05, 0) is 45.7 Å². The topological polar surface area (TPSA) is 54.9 Å². The van der Waals surface area contributed by atoms with Gasteiger partial charge in [-0.1, -0.05) is 18.2 Å². The van der Waals surface area contributed by atoms with Crippen LogP contribution in [0.15, 0.2) is 29.3 Å². The molecule has 5 heteroatoms. The normalized spacial score (nSPS) is 12.1. The average molecular weight is 321 g/mol. The van der Waals surface area contributed by atoms with Gasteiger partial charge < -0.3 is 20.1 Å². The van der Waals surface area contributed by atoms with Gasteiger partial charge in [-0.2, -0.15) is 0 Å². The summed E-state index contributed by atoms with van der Waals surface area (Å²) < 4.78 is 11.1. The van der Waals surface area contributed by atoms with E-state index in [0.29, 0.717) is 13.2 Å². The van der Waals surface area contributed by atoms with Crippen molar-refractivity contribution in [2.24, 2.45) is 4.99 Å². The van der Waals surface area contributed by atoms with E-state index < -0.39 is 0 Å². The fourth-order valence-corrected chi connectivity index (χ4v) is 2.00. The zero-order valence-electron chi connectivity index (χ0n) is 15.1. The molecule has 1 aromatic carbocycles. The third-order valence-corrected chi connectivity index (χ3v) is 3.47. The highest BCUT2D eigenvalue weighted by molar-refractivity contribution is 5.79.